The van der Waals surface area contributed by atoms with Crippen molar-refractivity contribution in [1.82, 2.24) is 4.98 Å². The van der Waals surface area contributed by atoms with E-state index in [1.165, 1.54) is 49.9 Å². The summed E-state index contributed by atoms with van der Waals surface area (Å²) in [4.78, 5) is 4.15. The van der Waals surface area contributed by atoms with Crippen molar-refractivity contribution < 1.29 is 0 Å². The Morgan fingerprint density at radius 2 is 2.00 bits per heavy atom. The quantitative estimate of drug-likeness (QED) is 0.668. The Labute approximate surface area is 96.1 Å². The number of nitrogen functional groups attached to an aromatic ring is 1. The molecular weight excluding hydrogens is 206 g/mol. The number of nitrogens with one attached hydrogen (secondary N) is 1. The summed E-state index contributed by atoms with van der Waals surface area (Å²) < 4.78 is 0. The molecule has 0 fully saturated rings. The molecule has 0 unspecified atom stereocenters. The molecule has 0 saturated heterocycles. The molecule has 3 N–H and O–H groups in total. The number of hydrogen-bond donors (Lipinski definition) is 2. The molecule has 0 aliphatic rings. The number of aromatic nitrogens is 1. The molecule has 1 aromatic heterocycles. The molecule has 86 valence electrons. The van der Waals surface area contributed by atoms with Gasteiger partial charge in [-0.05, 0) is 6.42 Å². The predicted molar refractivity (Wildman–Crippen MR) is 68.4 cm³/mol. The molecule has 15 heavy (non-hydrogen) atoms. The molecule has 0 atom stereocenters. The summed E-state index contributed by atoms with van der Waals surface area (Å²) >= 11 is 1.52. The molecule has 3 nitrogen and oxygen atoms in total. The SMILES string of the molecule is CCCCCCCCNc1ncc(N)s1. The smallest absolute Gasteiger partial charge is 0.184 e. The molecule has 0 saturated carbocycles. The van der Waals surface area contributed by atoms with Gasteiger partial charge < -0.3 is 11.1 Å². The average molecular weight is 227 g/mol. The van der Waals surface area contributed by atoms with Gasteiger partial charge in [0.15, 0.2) is 5.13 Å². The van der Waals surface area contributed by atoms with Crippen molar-refractivity contribution in [3.8, 4) is 0 Å². The van der Waals surface area contributed by atoms with Gasteiger partial charge in [0.25, 0.3) is 0 Å². The maximum absolute atomic E-state index is 5.58. The van der Waals surface area contributed by atoms with Gasteiger partial charge in [0, 0.05) is 6.54 Å². The van der Waals surface area contributed by atoms with E-state index in [0.29, 0.717) is 0 Å². The highest BCUT2D eigenvalue weighted by atomic mass is 32.1. The molecule has 0 amide bonds. The van der Waals surface area contributed by atoms with E-state index in [1.54, 1.807) is 6.20 Å². The van der Waals surface area contributed by atoms with Gasteiger partial charge in [0.05, 0.1) is 6.20 Å². The molecule has 0 aliphatic carbocycles. The standard InChI is InChI=1S/C11H21N3S/c1-2-3-4-5-6-7-8-13-11-14-9-10(12)15-11/h9H,2-8,12H2,1H3,(H,13,14). The lowest BCUT2D eigenvalue weighted by molar-refractivity contribution is 0.617. The van der Waals surface area contributed by atoms with Crippen LogP contribution in [0.15, 0.2) is 6.20 Å². The van der Waals surface area contributed by atoms with Crippen molar-refractivity contribution in [2.45, 2.75) is 45.4 Å². The van der Waals surface area contributed by atoms with Crippen LogP contribution in [0.3, 0.4) is 0 Å². The highest BCUT2D eigenvalue weighted by molar-refractivity contribution is 7.19. The normalized spacial score (nSPS) is 10.5. The summed E-state index contributed by atoms with van der Waals surface area (Å²) in [6, 6.07) is 0. The summed E-state index contributed by atoms with van der Waals surface area (Å²) in [6.07, 6.45) is 9.66. The lowest BCUT2D eigenvalue weighted by Gasteiger charge is -2.02. The zero-order valence-corrected chi connectivity index (χ0v) is 10.3. The second-order valence-electron chi connectivity index (χ2n) is 3.76. The van der Waals surface area contributed by atoms with E-state index in [1.807, 2.05) is 0 Å². The summed E-state index contributed by atoms with van der Waals surface area (Å²) in [5.74, 6) is 0. The van der Waals surface area contributed by atoms with Gasteiger partial charge in [-0.1, -0.05) is 50.4 Å². The van der Waals surface area contributed by atoms with Gasteiger partial charge in [-0.15, -0.1) is 0 Å². The maximum atomic E-state index is 5.58. The van der Waals surface area contributed by atoms with Crippen molar-refractivity contribution in [2.24, 2.45) is 0 Å². The zero-order chi connectivity index (χ0) is 10.9. The van der Waals surface area contributed by atoms with Crippen molar-refractivity contribution >= 4 is 21.5 Å². The van der Waals surface area contributed by atoms with Crippen LogP contribution in [-0.4, -0.2) is 11.5 Å². The van der Waals surface area contributed by atoms with Crippen LogP contribution in [0.5, 0.6) is 0 Å². The first-order chi connectivity index (χ1) is 7.33. The minimum absolute atomic E-state index is 0.778. The third-order valence-corrected chi connectivity index (χ3v) is 3.11. The second kappa shape index (κ2) is 7.51. The van der Waals surface area contributed by atoms with Crippen molar-refractivity contribution in [1.29, 1.82) is 0 Å². The van der Waals surface area contributed by atoms with Crippen molar-refractivity contribution in [2.75, 3.05) is 17.6 Å². The highest BCUT2D eigenvalue weighted by Crippen LogP contribution is 2.19. The summed E-state index contributed by atoms with van der Waals surface area (Å²) in [5, 5.41) is 5.01. The van der Waals surface area contributed by atoms with Crippen molar-refractivity contribution in [3.63, 3.8) is 0 Å². The van der Waals surface area contributed by atoms with Gasteiger partial charge in [0.2, 0.25) is 0 Å². The van der Waals surface area contributed by atoms with Gasteiger partial charge >= 0.3 is 0 Å². The molecule has 0 aliphatic heterocycles. The monoisotopic (exact) mass is 227 g/mol. The molecule has 0 spiro atoms. The molecular formula is C11H21N3S. The van der Waals surface area contributed by atoms with Gasteiger partial charge in [-0.3, -0.25) is 0 Å². The molecule has 0 radical (unpaired) electrons. The third-order valence-electron chi connectivity index (χ3n) is 2.33. The van der Waals surface area contributed by atoms with Crippen LogP contribution in [0.25, 0.3) is 0 Å². The van der Waals surface area contributed by atoms with E-state index >= 15 is 0 Å². The number of anilines is 2. The Bertz CT molecular complexity index is 260. The van der Waals surface area contributed by atoms with E-state index < -0.39 is 0 Å². The van der Waals surface area contributed by atoms with Gasteiger partial charge in [0.1, 0.15) is 5.00 Å². The van der Waals surface area contributed by atoms with Crippen LogP contribution in [0.4, 0.5) is 10.1 Å². The number of unbranched alkanes of at least 4 members (excludes halogenated alkanes) is 5. The largest absolute Gasteiger partial charge is 0.389 e. The van der Waals surface area contributed by atoms with E-state index in [2.05, 4.69) is 17.2 Å². The molecule has 1 rings (SSSR count). The fourth-order valence-corrected chi connectivity index (χ4v) is 2.08. The topological polar surface area (TPSA) is 50.9 Å². The second-order valence-corrected chi connectivity index (χ2v) is 4.82. The van der Waals surface area contributed by atoms with Crippen LogP contribution >= 0.6 is 11.3 Å². The summed E-state index contributed by atoms with van der Waals surface area (Å²) in [5.41, 5.74) is 5.58. The lowest BCUT2D eigenvalue weighted by atomic mass is 10.1. The Morgan fingerprint density at radius 3 is 2.67 bits per heavy atom. The van der Waals surface area contributed by atoms with E-state index in [0.717, 1.165) is 16.7 Å². The highest BCUT2D eigenvalue weighted by Gasteiger charge is 1.96. The number of hydrogen-bond acceptors (Lipinski definition) is 4. The molecule has 1 heterocycles. The summed E-state index contributed by atoms with van der Waals surface area (Å²) in [6.45, 7) is 3.26. The van der Waals surface area contributed by atoms with Crippen LogP contribution in [0.1, 0.15) is 45.4 Å². The van der Waals surface area contributed by atoms with E-state index in [-0.39, 0.29) is 0 Å². The van der Waals surface area contributed by atoms with Crippen LogP contribution in [0, 0.1) is 0 Å². The van der Waals surface area contributed by atoms with E-state index in [9.17, 15) is 0 Å². The lowest BCUT2D eigenvalue weighted by Crippen LogP contribution is -2.00. The Balaban J connectivity index is 1.93. The Morgan fingerprint density at radius 1 is 1.27 bits per heavy atom. The minimum atomic E-state index is 0.778. The van der Waals surface area contributed by atoms with Crippen LogP contribution in [-0.2, 0) is 0 Å². The first-order valence-electron chi connectivity index (χ1n) is 5.78. The minimum Gasteiger partial charge on any atom is -0.389 e. The number of nitrogens with zero attached hydrogens (tertiary/aromatic N) is 1. The van der Waals surface area contributed by atoms with Crippen LogP contribution in [0.2, 0.25) is 0 Å². The van der Waals surface area contributed by atoms with E-state index in [4.69, 9.17) is 5.73 Å². The number of thiazole rings is 1. The Kier molecular flexibility index (Phi) is 6.16. The first-order valence-corrected chi connectivity index (χ1v) is 6.59. The molecule has 4 heteroatoms. The molecule has 0 aromatic carbocycles. The first kappa shape index (κ1) is 12.3. The van der Waals surface area contributed by atoms with Crippen molar-refractivity contribution in [3.05, 3.63) is 6.20 Å². The van der Waals surface area contributed by atoms with Crippen LogP contribution < -0.4 is 11.1 Å². The van der Waals surface area contributed by atoms with Gasteiger partial charge in [-0.2, -0.15) is 0 Å². The summed E-state index contributed by atoms with van der Waals surface area (Å²) in [7, 11) is 0. The zero-order valence-electron chi connectivity index (χ0n) is 9.46. The number of rotatable bonds is 8. The fraction of sp³-hybridized carbons (Fsp3) is 0.727. The number of nitrogens with two attached hydrogens (primary N) is 1. The maximum Gasteiger partial charge on any atom is 0.184 e. The fourth-order valence-electron chi connectivity index (χ4n) is 1.47. The third kappa shape index (κ3) is 5.62. The molecule has 1 aromatic rings. The predicted octanol–water partition coefficient (Wildman–Crippen LogP) is 3.50. The average Bonchev–Trinajstić information content (AvgIpc) is 2.63. The van der Waals surface area contributed by atoms with Gasteiger partial charge in [-0.25, -0.2) is 4.98 Å². The Hall–Kier alpha value is -0.770. The molecule has 0 bridgehead atoms.